The SMILES string of the molecule is CC(C)(CCC=C[C@@H]1C[C@@H](NS(=O)(=O)c2ccc(Cl)cc2)CN1S(=O)(=O)c1ccc(Cl)cc1)C(=O)O. The second-order valence-corrected chi connectivity index (χ2v) is 13.7. The van der Waals surface area contributed by atoms with Gasteiger partial charge in [0.15, 0.2) is 0 Å². The molecule has 1 fully saturated rings. The predicted molar refractivity (Wildman–Crippen MR) is 139 cm³/mol. The van der Waals surface area contributed by atoms with Crippen molar-refractivity contribution in [2.24, 2.45) is 5.41 Å². The summed E-state index contributed by atoms with van der Waals surface area (Å²) in [6.07, 6.45) is 4.43. The molecule has 8 nitrogen and oxygen atoms in total. The number of hydrogen-bond acceptors (Lipinski definition) is 5. The second-order valence-electron chi connectivity index (χ2n) is 9.26. The molecule has 36 heavy (non-hydrogen) atoms. The van der Waals surface area contributed by atoms with Gasteiger partial charge in [-0.25, -0.2) is 21.6 Å². The maximum absolute atomic E-state index is 13.4. The van der Waals surface area contributed by atoms with Crippen LogP contribution in [0, 0.1) is 5.41 Å². The molecule has 3 rings (SSSR count). The fraction of sp³-hybridized carbons (Fsp3) is 0.375. The van der Waals surface area contributed by atoms with Gasteiger partial charge < -0.3 is 5.11 Å². The molecule has 2 N–H and O–H groups in total. The number of benzene rings is 2. The summed E-state index contributed by atoms with van der Waals surface area (Å²) in [5.74, 6) is -0.916. The third-order valence-corrected chi connectivity index (χ3v) is 9.98. The van der Waals surface area contributed by atoms with Crippen LogP contribution in [-0.2, 0) is 24.8 Å². The van der Waals surface area contributed by atoms with Crippen LogP contribution < -0.4 is 4.72 Å². The molecule has 0 aliphatic carbocycles. The van der Waals surface area contributed by atoms with E-state index in [1.54, 1.807) is 26.0 Å². The highest BCUT2D eigenvalue weighted by Gasteiger charge is 2.40. The van der Waals surface area contributed by atoms with Crippen LogP contribution in [0.5, 0.6) is 0 Å². The maximum atomic E-state index is 13.4. The summed E-state index contributed by atoms with van der Waals surface area (Å²) in [6, 6.07) is 10.1. The number of hydrogen-bond donors (Lipinski definition) is 2. The zero-order chi connectivity index (χ0) is 26.7. The van der Waals surface area contributed by atoms with Crippen LogP contribution in [0.2, 0.25) is 10.0 Å². The summed E-state index contributed by atoms with van der Waals surface area (Å²) in [4.78, 5) is 11.4. The van der Waals surface area contributed by atoms with Crippen LogP contribution in [0.3, 0.4) is 0 Å². The van der Waals surface area contributed by atoms with E-state index in [9.17, 15) is 26.7 Å². The molecule has 1 aliphatic heterocycles. The molecule has 196 valence electrons. The summed E-state index contributed by atoms with van der Waals surface area (Å²) in [5.41, 5.74) is -0.925. The summed E-state index contributed by atoms with van der Waals surface area (Å²) < 4.78 is 56.5. The third kappa shape index (κ3) is 6.87. The Labute approximate surface area is 222 Å². The summed E-state index contributed by atoms with van der Waals surface area (Å²) in [7, 11) is -7.88. The fourth-order valence-electron chi connectivity index (χ4n) is 3.82. The number of halogens is 2. The Kier molecular flexibility index (Phi) is 8.91. The van der Waals surface area contributed by atoms with Gasteiger partial charge in [0, 0.05) is 28.7 Å². The first-order chi connectivity index (χ1) is 16.7. The Morgan fingerprint density at radius 2 is 1.56 bits per heavy atom. The van der Waals surface area contributed by atoms with Crippen LogP contribution in [0.1, 0.15) is 33.1 Å². The molecule has 1 saturated heterocycles. The molecule has 2 atom stereocenters. The van der Waals surface area contributed by atoms with Gasteiger partial charge in [-0.1, -0.05) is 35.4 Å². The number of nitrogens with one attached hydrogen (secondary N) is 1. The van der Waals surface area contributed by atoms with E-state index in [0.29, 0.717) is 22.9 Å². The predicted octanol–water partition coefficient (Wildman–Crippen LogP) is 4.55. The zero-order valence-electron chi connectivity index (χ0n) is 19.8. The fourth-order valence-corrected chi connectivity index (χ4v) is 6.95. The molecule has 2 aromatic rings. The van der Waals surface area contributed by atoms with Crippen LogP contribution in [0.4, 0.5) is 0 Å². The molecule has 1 aliphatic rings. The van der Waals surface area contributed by atoms with E-state index in [-0.39, 0.29) is 22.8 Å². The van der Waals surface area contributed by atoms with Crippen LogP contribution >= 0.6 is 23.2 Å². The van der Waals surface area contributed by atoms with Gasteiger partial charge in [0.1, 0.15) is 0 Å². The first-order valence-corrected chi connectivity index (χ1v) is 14.9. The lowest BCUT2D eigenvalue weighted by Crippen LogP contribution is -2.39. The minimum absolute atomic E-state index is 0.0221. The lowest BCUT2D eigenvalue weighted by Gasteiger charge is -2.22. The zero-order valence-corrected chi connectivity index (χ0v) is 22.9. The van der Waals surface area contributed by atoms with Crippen LogP contribution in [0.25, 0.3) is 0 Å². The highest BCUT2D eigenvalue weighted by atomic mass is 35.5. The summed E-state index contributed by atoms with van der Waals surface area (Å²) >= 11 is 11.8. The molecule has 0 aromatic heterocycles. The van der Waals surface area contributed by atoms with Gasteiger partial charge in [0.05, 0.1) is 15.2 Å². The number of carbonyl (C=O) groups is 1. The molecular weight excluding hydrogens is 547 g/mol. The molecule has 0 radical (unpaired) electrons. The van der Waals surface area contributed by atoms with E-state index >= 15 is 0 Å². The first kappa shape index (κ1) is 28.6. The number of carboxylic acids is 1. The minimum Gasteiger partial charge on any atom is -0.481 e. The maximum Gasteiger partial charge on any atom is 0.309 e. The minimum atomic E-state index is -3.97. The van der Waals surface area contributed by atoms with Crippen LogP contribution in [0.15, 0.2) is 70.5 Å². The molecule has 0 bridgehead atoms. The van der Waals surface area contributed by atoms with Gasteiger partial charge in [-0.2, -0.15) is 4.31 Å². The van der Waals surface area contributed by atoms with Crippen molar-refractivity contribution < 1.29 is 26.7 Å². The summed E-state index contributed by atoms with van der Waals surface area (Å²) in [5, 5.41) is 10.1. The lowest BCUT2D eigenvalue weighted by atomic mass is 9.88. The van der Waals surface area contributed by atoms with E-state index in [2.05, 4.69) is 4.72 Å². The lowest BCUT2D eigenvalue weighted by molar-refractivity contribution is -0.147. The standard InChI is InChI=1S/C24H28Cl2N2O6S2/c1-24(2,23(29)30)14-4-3-5-20-15-19(27-35(31,32)21-10-6-17(25)7-11-21)16-28(20)36(33,34)22-12-8-18(26)9-13-22/h3,5-13,19-20,27H,4,14-16H2,1-2H3,(H,29,30)/t19-,20-/m1/s1. The first-order valence-electron chi connectivity index (χ1n) is 11.2. The number of rotatable bonds is 10. The quantitative estimate of drug-likeness (QED) is 0.401. The highest BCUT2D eigenvalue weighted by molar-refractivity contribution is 7.89. The van der Waals surface area contributed by atoms with Crippen molar-refractivity contribution in [1.29, 1.82) is 0 Å². The number of nitrogens with zero attached hydrogens (tertiary/aromatic N) is 1. The van der Waals surface area contributed by atoms with Crippen molar-refractivity contribution in [2.75, 3.05) is 6.54 Å². The van der Waals surface area contributed by atoms with Crippen molar-refractivity contribution >= 4 is 49.2 Å². The van der Waals surface area contributed by atoms with E-state index < -0.39 is 43.5 Å². The van der Waals surface area contributed by atoms with Gasteiger partial charge in [0.25, 0.3) is 0 Å². The van der Waals surface area contributed by atoms with Crippen LogP contribution in [-0.4, -0.2) is 50.8 Å². The monoisotopic (exact) mass is 574 g/mol. The number of allylic oxidation sites excluding steroid dienone is 1. The van der Waals surface area contributed by atoms with E-state index in [1.807, 2.05) is 0 Å². The van der Waals surface area contributed by atoms with Gasteiger partial charge in [-0.15, -0.1) is 0 Å². The highest BCUT2D eigenvalue weighted by Crippen LogP contribution is 2.30. The Balaban J connectivity index is 1.84. The number of sulfonamides is 2. The number of carboxylic acid groups (broad SMARTS) is 1. The van der Waals surface area contributed by atoms with Crippen molar-refractivity contribution in [3.05, 3.63) is 70.7 Å². The van der Waals surface area contributed by atoms with Gasteiger partial charge in [0.2, 0.25) is 20.0 Å². The average Bonchev–Trinajstić information content (AvgIpc) is 3.20. The molecular formula is C24H28Cl2N2O6S2. The Morgan fingerprint density at radius 3 is 2.08 bits per heavy atom. The molecule has 0 unspecified atom stereocenters. The average molecular weight is 576 g/mol. The van der Waals surface area contributed by atoms with E-state index in [4.69, 9.17) is 23.2 Å². The smallest absolute Gasteiger partial charge is 0.309 e. The largest absolute Gasteiger partial charge is 0.481 e. The van der Waals surface area contributed by atoms with Gasteiger partial charge in [-0.3, -0.25) is 4.79 Å². The molecule has 12 heteroatoms. The summed E-state index contributed by atoms with van der Waals surface area (Å²) in [6.45, 7) is 3.17. The normalized spacial score (nSPS) is 19.7. The molecule has 0 saturated carbocycles. The van der Waals surface area contributed by atoms with Crippen molar-refractivity contribution in [1.82, 2.24) is 9.03 Å². The third-order valence-electron chi connectivity index (χ3n) is 6.04. The second kappa shape index (κ2) is 11.2. The van der Waals surface area contributed by atoms with Crippen molar-refractivity contribution in [3.8, 4) is 0 Å². The van der Waals surface area contributed by atoms with Crippen molar-refractivity contribution in [3.63, 3.8) is 0 Å². The van der Waals surface area contributed by atoms with Gasteiger partial charge >= 0.3 is 5.97 Å². The Hall–Kier alpha value is -1.95. The van der Waals surface area contributed by atoms with Gasteiger partial charge in [-0.05, 0) is 81.6 Å². The molecule has 2 aromatic carbocycles. The molecule has 1 heterocycles. The Bertz CT molecular complexity index is 1330. The van der Waals surface area contributed by atoms with E-state index in [0.717, 1.165) is 0 Å². The Morgan fingerprint density at radius 1 is 1.03 bits per heavy atom. The number of aliphatic carboxylic acids is 1. The van der Waals surface area contributed by atoms with E-state index in [1.165, 1.54) is 52.8 Å². The van der Waals surface area contributed by atoms with Crippen molar-refractivity contribution in [2.45, 2.75) is 55.0 Å². The molecule has 0 amide bonds. The topological polar surface area (TPSA) is 121 Å². The molecule has 0 spiro atoms.